The van der Waals surface area contributed by atoms with E-state index in [0.717, 1.165) is 43.0 Å². The summed E-state index contributed by atoms with van der Waals surface area (Å²) in [5.74, 6) is -0.0714. The highest BCUT2D eigenvalue weighted by Crippen LogP contribution is 2.26. The van der Waals surface area contributed by atoms with Crippen LogP contribution in [-0.4, -0.2) is 28.5 Å². The number of carbonyl (C=O) groups is 1. The van der Waals surface area contributed by atoms with Crippen LogP contribution in [-0.2, 0) is 11.3 Å². The molecule has 0 radical (unpaired) electrons. The first-order valence-corrected chi connectivity index (χ1v) is 10.8. The smallest absolute Gasteiger partial charge is 0.222 e. The number of halogens is 1. The summed E-state index contributed by atoms with van der Waals surface area (Å²) in [5, 5.41) is 4.13. The van der Waals surface area contributed by atoms with Gasteiger partial charge < -0.3 is 9.47 Å². The number of thiophene rings is 1. The van der Waals surface area contributed by atoms with E-state index < -0.39 is 0 Å². The van der Waals surface area contributed by atoms with Crippen molar-refractivity contribution in [2.45, 2.75) is 25.8 Å². The van der Waals surface area contributed by atoms with Gasteiger partial charge in [0.15, 0.2) is 4.80 Å². The van der Waals surface area contributed by atoms with Gasteiger partial charge in [-0.15, -0.1) is 22.7 Å². The third-order valence-corrected chi connectivity index (χ3v) is 6.38. The maximum Gasteiger partial charge on any atom is 0.222 e. The molecule has 0 unspecified atom stereocenters. The molecule has 0 atom stereocenters. The number of likely N-dealkylation sites (tertiary alicyclic amines) is 1. The van der Waals surface area contributed by atoms with Gasteiger partial charge in [-0.2, -0.15) is 0 Å². The molecule has 0 spiro atoms. The van der Waals surface area contributed by atoms with E-state index in [1.165, 1.54) is 22.3 Å². The molecule has 0 bridgehead atoms. The van der Waals surface area contributed by atoms with E-state index in [2.05, 4.69) is 21.0 Å². The maximum atomic E-state index is 14.0. The molecule has 1 aliphatic rings. The molecule has 2 aromatic heterocycles. The van der Waals surface area contributed by atoms with E-state index >= 15 is 0 Å². The highest BCUT2D eigenvalue weighted by molar-refractivity contribution is 7.14. The summed E-state index contributed by atoms with van der Waals surface area (Å²) in [6.45, 7) is 2.36. The molecule has 1 saturated heterocycles. The number of hydrogen-bond donors (Lipinski definition) is 0. The lowest BCUT2D eigenvalue weighted by molar-refractivity contribution is -0.127. The Morgan fingerprint density at radius 3 is 2.74 bits per heavy atom. The van der Waals surface area contributed by atoms with Gasteiger partial charge in [-0.25, -0.2) is 9.38 Å². The predicted octanol–water partition coefficient (Wildman–Crippen LogP) is 4.66. The number of aromatic nitrogens is 1. The molecule has 1 aliphatic heterocycles. The van der Waals surface area contributed by atoms with Gasteiger partial charge in [0.05, 0.1) is 10.6 Å². The van der Waals surface area contributed by atoms with Gasteiger partial charge in [0.2, 0.25) is 5.91 Å². The van der Waals surface area contributed by atoms with Crippen LogP contribution < -0.4 is 4.80 Å². The van der Waals surface area contributed by atoms with Crippen molar-refractivity contribution in [3.8, 4) is 10.6 Å². The van der Waals surface area contributed by atoms with E-state index in [0.29, 0.717) is 12.1 Å². The molecular weight excluding hydrogens is 381 g/mol. The number of para-hydroxylation sites is 1. The van der Waals surface area contributed by atoms with Crippen LogP contribution >= 0.6 is 22.7 Å². The van der Waals surface area contributed by atoms with Gasteiger partial charge in [0.25, 0.3) is 0 Å². The first-order valence-electron chi connectivity index (χ1n) is 9.01. The summed E-state index contributed by atoms with van der Waals surface area (Å²) in [7, 11) is 0. The topological polar surface area (TPSA) is 37.6 Å². The largest absolute Gasteiger partial charge is 0.343 e. The second-order valence-electron chi connectivity index (χ2n) is 6.43. The SMILES string of the molecule is O=C1CCCN1CCCn1c(-c2cccs2)csc1=Nc1ccccc1F. The zero-order valence-electron chi connectivity index (χ0n) is 14.8. The minimum Gasteiger partial charge on any atom is -0.343 e. The molecule has 7 heteroatoms. The van der Waals surface area contributed by atoms with Crippen LogP contribution in [0.3, 0.4) is 0 Å². The first kappa shape index (κ1) is 18.1. The second kappa shape index (κ2) is 8.19. The lowest BCUT2D eigenvalue weighted by Crippen LogP contribution is -2.27. The number of hydrogen-bond acceptors (Lipinski definition) is 4. The number of rotatable bonds is 6. The van der Waals surface area contributed by atoms with Crippen LogP contribution in [0.2, 0.25) is 0 Å². The molecule has 3 aromatic rings. The molecule has 0 aliphatic carbocycles. The van der Waals surface area contributed by atoms with E-state index in [-0.39, 0.29) is 11.7 Å². The number of benzene rings is 1. The van der Waals surface area contributed by atoms with Crippen LogP contribution in [0.4, 0.5) is 10.1 Å². The number of carbonyl (C=O) groups excluding carboxylic acids is 1. The van der Waals surface area contributed by atoms with Crippen molar-refractivity contribution in [3.63, 3.8) is 0 Å². The summed E-state index contributed by atoms with van der Waals surface area (Å²) in [6, 6.07) is 10.7. The molecule has 1 fully saturated rings. The second-order valence-corrected chi connectivity index (χ2v) is 8.22. The summed E-state index contributed by atoms with van der Waals surface area (Å²) >= 11 is 3.19. The normalized spacial score (nSPS) is 15.1. The van der Waals surface area contributed by atoms with Gasteiger partial charge in [-0.3, -0.25) is 4.79 Å². The molecule has 0 N–H and O–H groups in total. The zero-order valence-corrected chi connectivity index (χ0v) is 16.4. The molecule has 140 valence electrons. The third kappa shape index (κ3) is 4.04. The molecule has 4 nitrogen and oxygen atoms in total. The van der Waals surface area contributed by atoms with Crippen molar-refractivity contribution in [2.75, 3.05) is 13.1 Å². The van der Waals surface area contributed by atoms with E-state index in [1.54, 1.807) is 29.5 Å². The summed E-state index contributed by atoms with van der Waals surface area (Å²) in [5.41, 5.74) is 1.44. The number of amides is 1. The highest BCUT2D eigenvalue weighted by atomic mass is 32.1. The van der Waals surface area contributed by atoms with E-state index in [1.807, 2.05) is 16.3 Å². The van der Waals surface area contributed by atoms with Crippen LogP contribution in [0.15, 0.2) is 52.2 Å². The lowest BCUT2D eigenvalue weighted by Gasteiger charge is -2.16. The average Bonchev–Trinajstić information content (AvgIpc) is 3.40. The molecule has 27 heavy (non-hydrogen) atoms. The number of nitrogens with zero attached hydrogens (tertiary/aromatic N) is 3. The van der Waals surface area contributed by atoms with Crippen molar-refractivity contribution >= 4 is 34.3 Å². The third-order valence-electron chi connectivity index (χ3n) is 4.62. The van der Waals surface area contributed by atoms with E-state index in [4.69, 9.17) is 0 Å². The van der Waals surface area contributed by atoms with E-state index in [9.17, 15) is 9.18 Å². The minimum atomic E-state index is -0.321. The fourth-order valence-corrected chi connectivity index (χ4v) is 5.03. The molecule has 1 aromatic carbocycles. The summed E-state index contributed by atoms with van der Waals surface area (Å²) in [4.78, 5) is 20.3. The Kier molecular flexibility index (Phi) is 5.50. The Labute approximate surface area is 165 Å². The maximum absolute atomic E-state index is 14.0. The molecular formula is C20H20FN3OS2. The van der Waals surface area contributed by atoms with Crippen LogP contribution in [0.25, 0.3) is 10.6 Å². The van der Waals surface area contributed by atoms with Crippen molar-refractivity contribution in [2.24, 2.45) is 4.99 Å². The Balaban J connectivity index is 1.63. The monoisotopic (exact) mass is 401 g/mol. The summed E-state index contributed by atoms with van der Waals surface area (Å²) in [6.07, 6.45) is 2.48. The standard InChI is InChI=1S/C20H20FN3OS2/c21-15-6-1-2-7-16(15)22-20-24(12-5-11-23-10-3-9-19(23)25)17(14-27-20)18-8-4-13-26-18/h1-2,4,6-8,13-14H,3,5,9-12H2. The fraction of sp³-hybridized carbons (Fsp3) is 0.300. The number of thiazole rings is 1. The van der Waals surface area contributed by atoms with Crippen LogP contribution in [0, 0.1) is 5.82 Å². The minimum absolute atomic E-state index is 0.250. The van der Waals surface area contributed by atoms with Crippen molar-refractivity contribution < 1.29 is 9.18 Å². The van der Waals surface area contributed by atoms with Gasteiger partial charge in [0, 0.05) is 31.4 Å². The fourth-order valence-electron chi connectivity index (χ4n) is 3.26. The molecule has 3 heterocycles. The molecule has 0 saturated carbocycles. The van der Waals surface area contributed by atoms with Gasteiger partial charge in [-0.1, -0.05) is 18.2 Å². The summed E-state index contributed by atoms with van der Waals surface area (Å²) < 4.78 is 16.2. The van der Waals surface area contributed by atoms with Crippen molar-refractivity contribution in [3.05, 3.63) is 57.8 Å². The zero-order chi connectivity index (χ0) is 18.6. The Morgan fingerprint density at radius 2 is 2.00 bits per heavy atom. The molecule has 1 amide bonds. The lowest BCUT2D eigenvalue weighted by atomic mass is 10.3. The van der Waals surface area contributed by atoms with Crippen molar-refractivity contribution in [1.82, 2.24) is 9.47 Å². The van der Waals surface area contributed by atoms with Crippen LogP contribution in [0.1, 0.15) is 19.3 Å². The van der Waals surface area contributed by atoms with Gasteiger partial charge in [0.1, 0.15) is 11.5 Å². The Morgan fingerprint density at radius 1 is 1.11 bits per heavy atom. The Hall–Kier alpha value is -2.25. The average molecular weight is 402 g/mol. The van der Waals surface area contributed by atoms with Gasteiger partial charge >= 0.3 is 0 Å². The highest BCUT2D eigenvalue weighted by Gasteiger charge is 2.19. The van der Waals surface area contributed by atoms with Crippen LogP contribution in [0.5, 0.6) is 0 Å². The molecule has 4 rings (SSSR count). The predicted molar refractivity (Wildman–Crippen MR) is 108 cm³/mol. The van der Waals surface area contributed by atoms with Gasteiger partial charge in [-0.05, 0) is 36.4 Å². The Bertz CT molecular complexity index is 991. The van der Waals surface area contributed by atoms with Crippen molar-refractivity contribution in [1.29, 1.82) is 0 Å². The first-order chi connectivity index (χ1) is 13.2. The quantitative estimate of drug-likeness (QED) is 0.592.